The van der Waals surface area contributed by atoms with Crippen molar-refractivity contribution in [3.8, 4) is 11.5 Å². The van der Waals surface area contributed by atoms with Gasteiger partial charge in [-0.05, 0) is 49.7 Å². The summed E-state index contributed by atoms with van der Waals surface area (Å²) in [6, 6.07) is 4.22. The number of rotatable bonds is 7. The normalized spacial score (nSPS) is 14.7. The molecule has 0 aromatic heterocycles. The fraction of sp³-hybridized carbons (Fsp3) is 0.529. The van der Waals surface area contributed by atoms with Crippen LogP contribution in [0.25, 0.3) is 0 Å². The van der Waals surface area contributed by atoms with E-state index in [1.807, 2.05) is 0 Å². The predicted molar refractivity (Wildman–Crippen MR) is 94.1 cm³/mol. The zero-order chi connectivity index (χ0) is 19.0. The maximum Gasteiger partial charge on any atom is 0.414 e. The summed E-state index contributed by atoms with van der Waals surface area (Å²) < 4.78 is 10.7. The van der Waals surface area contributed by atoms with Crippen LogP contribution in [0.15, 0.2) is 12.1 Å². The van der Waals surface area contributed by atoms with Gasteiger partial charge in [-0.2, -0.15) is 0 Å². The molecule has 7 nitrogen and oxygen atoms in total. The molecule has 0 saturated carbocycles. The Morgan fingerprint density at radius 1 is 1.20 bits per heavy atom. The van der Waals surface area contributed by atoms with E-state index < -0.39 is 11.9 Å². The molecule has 8 heteroatoms. The van der Waals surface area contributed by atoms with E-state index in [-0.39, 0.29) is 0 Å². The second kappa shape index (κ2) is 10.1. The van der Waals surface area contributed by atoms with Gasteiger partial charge >= 0.3 is 11.9 Å². The Labute approximate surface area is 152 Å². The minimum Gasteiger partial charge on any atom is -0.493 e. The molecule has 1 atom stereocenters. The van der Waals surface area contributed by atoms with Crippen molar-refractivity contribution in [1.29, 1.82) is 0 Å². The Kier molecular flexibility index (Phi) is 8.51. The molecule has 140 valence electrons. The van der Waals surface area contributed by atoms with Crippen LogP contribution < -0.4 is 9.47 Å². The number of alkyl halides is 1. The second-order valence-corrected chi connectivity index (χ2v) is 6.10. The average Bonchev–Trinajstić information content (AvgIpc) is 2.57. The molecule has 0 spiro atoms. The van der Waals surface area contributed by atoms with Gasteiger partial charge < -0.3 is 24.6 Å². The van der Waals surface area contributed by atoms with Crippen LogP contribution in [0, 0.1) is 0 Å². The number of carboxylic acid groups (broad SMARTS) is 2. The van der Waals surface area contributed by atoms with Crippen molar-refractivity contribution in [2.75, 3.05) is 40.2 Å². The van der Waals surface area contributed by atoms with Crippen molar-refractivity contribution in [3.63, 3.8) is 0 Å². The van der Waals surface area contributed by atoms with Crippen molar-refractivity contribution >= 4 is 23.5 Å². The number of hydrogen-bond donors (Lipinski definition) is 2. The quantitative estimate of drug-likeness (QED) is 0.557. The summed E-state index contributed by atoms with van der Waals surface area (Å²) in [5, 5.41) is 14.8. The highest BCUT2D eigenvalue weighted by atomic mass is 35.5. The summed E-state index contributed by atoms with van der Waals surface area (Å²) in [5.74, 6) is -0.652. The van der Waals surface area contributed by atoms with E-state index in [2.05, 4.69) is 24.1 Å². The van der Waals surface area contributed by atoms with Gasteiger partial charge in [-0.25, -0.2) is 9.59 Å². The molecule has 0 saturated heterocycles. The topological polar surface area (TPSA) is 96.3 Å². The van der Waals surface area contributed by atoms with E-state index in [0.29, 0.717) is 5.92 Å². The van der Waals surface area contributed by atoms with Crippen molar-refractivity contribution in [3.05, 3.63) is 23.3 Å². The molecular formula is C17H24ClNO6. The van der Waals surface area contributed by atoms with Gasteiger partial charge in [0.2, 0.25) is 0 Å². The smallest absolute Gasteiger partial charge is 0.414 e. The molecular weight excluding hydrogens is 350 g/mol. The van der Waals surface area contributed by atoms with Crippen LogP contribution in [0.2, 0.25) is 0 Å². The summed E-state index contributed by atoms with van der Waals surface area (Å²) >= 11 is 5.73. The Morgan fingerprint density at radius 3 is 2.24 bits per heavy atom. The number of fused-ring (bicyclic) bond motifs is 1. The fourth-order valence-electron chi connectivity index (χ4n) is 2.70. The lowest BCUT2D eigenvalue weighted by atomic mass is 9.77. The zero-order valence-corrected chi connectivity index (χ0v) is 15.4. The van der Waals surface area contributed by atoms with E-state index in [4.69, 9.17) is 40.9 Å². The van der Waals surface area contributed by atoms with Gasteiger partial charge in [-0.1, -0.05) is 0 Å². The lowest BCUT2D eigenvalue weighted by Gasteiger charge is -2.34. The molecule has 25 heavy (non-hydrogen) atoms. The molecule has 2 N–H and O–H groups in total. The number of benzene rings is 1. The summed E-state index contributed by atoms with van der Waals surface area (Å²) in [4.78, 5) is 20.6. The maximum absolute atomic E-state index is 9.10. The average molecular weight is 374 g/mol. The molecule has 0 radical (unpaired) electrons. The van der Waals surface area contributed by atoms with Crippen molar-refractivity contribution < 1.29 is 29.3 Å². The van der Waals surface area contributed by atoms with Crippen LogP contribution in [0.4, 0.5) is 0 Å². The van der Waals surface area contributed by atoms with E-state index in [0.717, 1.165) is 43.3 Å². The number of nitrogens with zero attached hydrogens (tertiary/aromatic N) is 1. The number of carbonyl (C=O) groups is 2. The molecule has 2 rings (SSSR count). The first-order valence-electron chi connectivity index (χ1n) is 7.79. The van der Waals surface area contributed by atoms with Gasteiger partial charge in [-0.15, -0.1) is 11.6 Å². The van der Waals surface area contributed by atoms with Crippen molar-refractivity contribution in [2.24, 2.45) is 0 Å². The van der Waals surface area contributed by atoms with Crippen LogP contribution >= 0.6 is 11.6 Å². The minimum atomic E-state index is -1.82. The third kappa shape index (κ3) is 6.10. The maximum atomic E-state index is 9.10. The minimum absolute atomic E-state index is 0.607. The molecule has 1 aromatic rings. The number of carboxylic acids is 2. The van der Waals surface area contributed by atoms with Gasteiger partial charge in [0.15, 0.2) is 11.5 Å². The molecule has 0 fully saturated rings. The molecule has 0 bridgehead atoms. The standard InChI is InChI=1S/C15H22ClNO2.C2H2O4/c1-17(6-4-5-16)10-12-7-11-8-14(18-2)15(19-3)9-13(11)12;3-1(4)2(5)6/h8-9,12H,4-7,10H2,1-3H3;(H,3,4)(H,5,6)/t12-;/m1./s1. The summed E-state index contributed by atoms with van der Waals surface area (Å²) in [7, 11) is 5.52. The molecule has 1 aliphatic rings. The van der Waals surface area contributed by atoms with Crippen LogP contribution in [-0.4, -0.2) is 67.3 Å². The molecule has 1 aliphatic carbocycles. The Balaban J connectivity index is 0.000000450. The Bertz CT molecular complexity index is 595. The third-order valence-corrected chi connectivity index (χ3v) is 4.21. The monoisotopic (exact) mass is 373 g/mol. The number of likely N-dealkylation sites (N-methyl/N-ethyl adjacent to an activating group) is 1. The summed E-state index contributed by atoms with van der Waals surface area (Å²) in [6.07, 6.45) is 2.17. The fourth-order valence-corrected chi connectivity index (χ4v) is 2.82. The van der Waals surface area contributed by atoms with E-state index in [1.54, 1.807) is 14.2 Å². The van der Waals surface area contributed by atoms with Gasteiger partial charge in [0, 0.05) is 18.3 Å². The van der Waals surface area contributed by atoms with Crippen LogP contribution in [0.1, 0.15) is 23.5 Å². The lowest BCUT2D eigenvalue weighted by molar-refractivity contribution is -0.159. The van der Waals surface area contributed by atoms with E-state index in [1.165, 1.54) is 11.1 Å². The van der Waals surface area contributed by atoms with Gasteiger partial charge in [-0.3, -0.25) is 0 Å². The number of aliphatic carboxylic acids is 2. The van der Waals surface area contributed by atoms with Crippen LogP contribution in [0.3, 0.4) is 0 Å². The molecule has 0 aliphatic heterocycles. The van der Waals surface area contributed by atoms with E-state index >= 15 is 0 Å². The summed E-state index contributed by atoms with van der Waals surface area (Å²) in [6.45, 7) is 2.14. The number of hydrogen-bond acceptors (Lipinski definition) is 5. The number of ether oxygens (including phenoxy) is 2. The van der Waals surface area contributed by atoms with Gasteiger partial charge in [0.1, 0.15) is 0 Å². The third-order valence-electron chi connectivity index (χ3n) is 3.94. The van der Waals surface area contributed by atoms with Crippen LogP contribution in [0.5, 0.6) is 11.5 Å². The highest BCUT2D eigenvalue weighted by molar-refractivity contribution is 6.27. The predicted octanol–water partition coefficient (Wildman–Crippen LogP) is 2.06. The van der Waals surface area contributed by atoms with Crippen molar-refractivity contribution in [1.82, 2.24) is 4.90 Å². The molecule has 1 aromatic carbocycles. The Hall–Kier alpha value is -1.99. The van der Waals surface area contributed by atoms with Crippen LogP contribution in [-0.2, 0) is 16.0 Å². The largest absolute Gasteiger partial charge is 0.493 e. The second-order valence-electron chi connectivity index (χ2n) is 5.72. The SMILES string of the molecule is COc1cc2c(cc1OC)[C@@H](CN(C)CCCCl)C2.O=C(O)C(=O)O. The molecule has 0 amide bonds. The highest BCUT2D eigenvalue weighted by Crippen LogP contribution is 2.42. The summed E-state index contributed by atoms with van der Waals surface area (Å²) in [5.41, 5.74) is 2.78. The molecule has 0 unspecified atom stereocenters. The Morgan fingerprint density at radius 2 is 1.76 bits per heavy atom. The lowest BCUT2D eigenvalue weighted by Crippen LogP contribution is -2.31. The molecule has 0 heterocycles. The first-order chi connectivity index (χ1) is 11.8. The first kappa shape index (κ1) is 21.1. The number of methoxy groups -OCH3 is 2. The van der Waals surface area contributed by atoms with Gasteiger partial charge in [0.25, 0.3) is 0 Å². The zero-order valence-electron chi connectivity index (χ0n) is 14.6. The van der Waals surface area contributed by atoms with Gasteiger partial charge in [0.05, 0.1) is 14.2 Å². The van der Waals surface area contributed by atoms with E-state index in [9.17, 15) is 0 Å². The first-order valence-corrected chi connectivity index (χ1v) is 8.33. The van der Waals surface area contributed by atoms with Crippen molar-refractivity contribution in [2.45, 2.75) is 18.8 Å². The number of halogens is 1. The highest BCUT2D eigenvalue weighted by Gasteiger charge is 2.29.